The molecule has 0 aliphatic carbocycles. The minimum Gasteiger partial charge on any atom is -0.291 e. The van der Waals surface area contributed by atoms with Crippen molar-refractivity contribution in [2.75, 3.05) is 5.32 Å². The van der Waals surface area contributed by atoms with Crippen LogP contribution in [0.15, 0.2) is 29.0 Å². The standard InChI is InChI=1S/C10H9BrN4O/c1-6-2-3-8(11)7(4-6)9(16)14-10-12-5-13-15-10/h2-5H,1H3,(H2,12,13,14,15,16). The lowest BCUT2D eigenvalue weighted by molar-refractivity contribution is 0.102. The summed E-state index contributed by atoms with van der Waals surface area (Å²) < 4.78 is 0.745. The van der Waals surface area contributed by atoms with E-state index in [9.17, 15) is 4.79 Å². The van der Waals surface area contributed by atoms with Crippen LogP contribution >= 0.6 is 15.9 Å². The molecule has 16 heavy (non-hydrogen) atoms. The first-order valence-corrected chi connectivity index (χ1v) is 5.39. The highest BCUT2D eigenvalue weighted by atomic mass is 79.9. The normalized spacial score (nSPS) is 10.1. The number of rotatable bonds is 2. The number of nitrogens with one attached hydrogen (secondary N) is 2. The van der Waals surface area contributed by atoms with Gasteiger partial charge in [0.25, 0.3) is 5.91 Å². The number of carbonyl (C=O) groups excluding carboxylic acids is 1. The predicted octanol–water partition coefficient (Wildman–Crippen LogP) is 2.13. The van der Waals surface area contributed by atoms with Gasteiger partial charge in [-0.3, -0.25) is 10.1 Å². The zero-order valence-corrected chi connectivity index (χ0v) is 10.1. The summed E-state index contributed by atoms with van der Waals surface area (Å²) in [5.41, 5.74) is 1.59. The molecule has 82 valence electrons. The van der Waals surface area contributed by atoms with Crippen molar-refractivity contribution in [1.29, 1.82) is 0 Å². The Balaban J connectivity index is 2.24. The molecule has 6 heteroatoms. The van der Waals surface area contributed by atoms with Gasteiger partial charge < -0.3 is 0 Å². The molecule has 0 radical (unpaired) electrons. The Hall–Kier alpha value is -1.69. The number of aromatic nitrogens is 3. The van der Waals surface area contributed by atoms with Crippen LogP contribution in [0.5, 0.6) is 0 Å². The van der Waals surface area contributed by atoms with Crippen LogP contribution in [0.1, 0.15) is 15.9 Å². The van der Waals surface area contributed by atoms with Gasteiger partial charge in [0, 0.05) is 4.47 Å². The fourth-order valence-electron chi connectivity index (χ4n) is 1.25. The number of halogens is 1. The third kappa shape index (κ3) is 2.27. The molecule has 0 unspecified atom stereocenters. The number of hydrogen-bond acceptors (Lipinski definition) is 3. The third-order valence-corrected chi connectivity index (χ3v) is 2.70. The van der Waals surface area contributed by atoms with Gasteiger partial charge >= 0.3 is 0 Å². The Bertz CT molecular complexity index is 510. The first-order valence-electron chi connectivity index (χ1n) is 4.59. The average Bonchev–Trinajstić information content (AvgIpc) is 2.74. The summed E-state index contributed by atoms with van der Waals surface area (Å²) in [6, 6.07) is 5.57. The van der Waals surface area contributed by atoms with Crippen molar-refractivity contribution in [3.8, 4) is 0 Å². The summed E-state index contributed by atoms with van der Waals surface area (Å²) in [4.78, 5) is 15.7. The monoisotopic (exact) mass is 280 g/mol. The lowest BCUT2D eigenvalue weighted by Crippen LogP contribution is -2.13. The van der Waals surface area contributed by atoms with Crippen LogP contribution in [0.4, 0.5) is 5.95 Å². The molecule has 5 nitrogen and oxygen atoms in total. The van der Waals surface area contributed by atoms with Gasteiger partial charge in [0.2, 0.25) is 5.95 Å². The van der Waals surface area contributed by atoms with Gasteiger partial charge in [-0.1, -0.05) is 11.6 Å². The Kier molecular flexibility index (Phi) is 3.00. The van der Waals surface area contributed by atoms with E-state index >= 15 is 0 Å². The second kappa shape index (κ2) is 4.44. The minimum atomic E-state index is -0.229. The van der Waals surface area contributed by atoms with Gasteiger partial charge in [0.15, 0.2) is 0 Å². The Morgan fingerprint density at radius 2 is 2.31 bits per heavy atom. The number of anilines is 1. The number of hydrogen-bond donors (Lipinski definition) is 2. The zero-order valence-electron chi connectivity index (χ0n) is 8.49. The molecule has 1 aromatic heterocycles. The van der Waals surface area contributed by atoms with E-state index in [1.807, 2.05) is 19.1 Å². The van der Waals surface area contributed by atoms with Crippen molar-refractivity contribution in [2.45, 2.75) is 6.92 Å². The largest absolute Gasteiger partial charge is 0.291 e. The van der Waals surface area contributed by atoms with Crippen molar-refractivity contribution in [2.24, 2.45) is 0 Å². The summed E-state index contributed by atoms with van der Waals surface area (Å²) >= 11 is 3.33. The molecule has 1 aromatic carbocycles. The molecule has 1 amide bonds. The number of aryl methyl sites for hydroxylation is 1. The zero-order chi connectivity index (χ0) is 11.5. The van der Waals surface area contributed by atoms with E-state index in [0.29, 0.717) is 11.5 Å². The van der Waals surface area contributed by atoms with Crippen LogP contribution in [0.3, 0.4) is 0 Å². The highest BCUT2D eigenvalue weighted by molar-refractivity contribution is 9.10. The average molecular weight is 281 g/mol. The number of H-pyrrole nitrogens is 1. The highest BCUT2D eigenvalue weighted by Crippen LogP contribution is 2.18. The Labute approximate surface area is 100 Å². The molecule has 0 aliphatic rings. The summed E-state index contributed by atoms with van der Waals surface area (Å²) in [6.07, 6.45) is 1.33. The molecule has 0 aliphatic heterocycles. The molecule has 2 N–H and O–H groups in total. The van der Waals surface area contributed by atoms with Crippen LogP contribution in [-0.2, 0) is 0 Å². The van der Waals surface area contributed by atoms with E-state index in [4.69, 9.17) is 0 Å². The Morgan fingerprint density at radius 3 is 3.00 bits per heavy atom. The summed E-state index contributed by atoms with van der Waals surface area (Å²) in [5, 5.41) is 8.82. The van der Waals surface area contributed by atoms with Gasteiger partial charge in [-0.05, 0) is 35.0 Å². The van der Waals surface area contributed by atoms with Crippen molar-refractivity contribution < 1.29 is 4.79 Å². The maximum atomic E-state index is 11.9. The number of carbonyl (C=O) groups is 1. The number of amides is 1. The maximum Gasteiger partial charge on any atom is 0.259 e. The van der Waals surface area contributed by atoms with Gasteiger partial charge in [0.1, 0.15) is 6.33 Å². The van der Waals surface area contributed by atoms with Crippen molar-refractivity contribution in [3.63, 3.8) is 0 Å². The topological polar surface area (TPSA) is 70.7 Å². The molecule has 1 heterocycles. The molecule has 0 fully saturated rings. The fourth-order valence-corrected chi connectivity index (χ4v) is 1.68. The van der Waals surface area contributed by atoms with Crippen molar-refractivity contribution in [1.82, 2.24) is 15.2 Å². The highest BCUT2D eigenvalue weighted by Gasteiger charge is 2.11. The van der Waals surface area contributed by atoms with Crippen LogP contribution < -0.4 is 5.32 Å². The second-order valence-electron chi connectivity index (χ2n) is 3.27. The molecule has 2 aromatic rings. The van der Waals surface area contributed by atoms with E-state index < -0.39 is 0 Å². The van der Waals surface area contributed by atoms with Gasteiger partial charge in [-0.25, -0.2) is 5.10 Å². The predicted molar refractivity (Wildman–Crippen MR) is 63.2 cm³/mol. The molecule has 0 bridgehead atoms. The number of benzene rings is 1. The molecule has 0 saturated carbocycles. The second-order valence-corrected chi connectivity index (χ2v) is 4.13. The molecular formula is C10H9BrN4O. The van der Waals surface area contributed by atoms with Gasteiger partial charge in [0.05, 0.1) is 5.56 Å². The lowest BCUT2D eigenvalue weighted by Gasteiger charge is -2.04. The summed E-state index contributed by atoms with van der Waals surface area (Å²) in [5.74, 6) is 0.103. The third-order valence-electron chi connectivity index (χ3n) is 2.01. The van der Waals surface area contributed by atoms with Crippen molar-refractivity contribution in [3.05, 3.63) is 40.1 Å². The number of nitrogens with zero attached hydrogens (tertiary/aromatic N) is 2. The van der Waals surface area contributed by atoms with E-state index in [1.54, 1.807) is 6.07 Å². The summed E-state index contributed by atoms with van der Waals surface area (Å²) in [7, 11) is 0. The van der Waals surface area contributed by atoms with Gasteiger partial charge in [-0.15, -0.1) is 0 Å². The molecule has 0 atom stereocenters. The Morgan fingerprint density at radius 1 is 1.50 bits per heavy atom. The van der Waals surface area contributed by atoms with Crippen LogP contribution in [0.25, 0.3) is 0 Å². The van der Waals surface area contributed by atoms with Gasteiger partial charge in [-0.2, -0.15) is 10.1 Å². The van der Waals surface area contributed by atoms with Crippen LogP contribution in [0, 0.1) is 6.92 Å². The number of aromatic amines is 1. The quantitative estimate of drug-likeness (QED) is 0.885. The van der Waals surface area contributed by atoms with E-state index in [-0.39, 0.29) is 5.91 Å². The van der Waals surface area contributed by atoms with E-state index in [2.05, 4.69) is 36.4 Å². The first kappa shape index (κ1) is 10.8. The smallest absolute Gasteiger partial charge is 0.259 e. The summed E-state index contributed by atoms with van der Waals surface area (Å²) in [6.45, 7) is 1.93. The molecular weight excluding hydrogens is 272 g/mol. The minimum absolute atomic E-state index is 0.229. The SMILES string of the molecule is Cc1ccc(Br)c(C(=O)Nc2ncn[nH]2)c1. The fraction of sp³-hybridized carbons (Fsp3) is 0.100. The van der Waals surface area contributed by atoms with Crippen molar-refractivity contribution >= 4 is 27.8 Å². The van der Waals surface area contributed by atoms with Crippen LogP contribution in [0.2, 0.25) is 0 Å². The lowest BCUT2D eigenvalue weighted by atomic mass is 10.1. The molecule has 0 saturated heterocycles. The molecule has 2 rings (SSSR count). The molecule has 0 spiro atoms. The van der Waals surface area contributed by atoms with E-state index in [0.717, 1.165) is 10.0 Å². The first-order chi connectivity index (χ1) is 7.66. The van der Waals surface area contributed by atoms with Crippen LogP contribution in [-0.4, -0.2) is 21.1 Å². The van der Waals surface area contributed by atoms with E-state index in [1.165, 1.54) is 6.33 Å². The maximum absolute atomic E-state index is 11.9.